The topological polar surface area (TPSA) is 38.7 Å². The van der Waals surface area contributed by atoms with E-state index in [4.69, 9.17) is 9.47 Å². The lowest BCUT2D eigenvalue weighted by Gasteiger charge is -2.25. The zero-order valence-electron chi connectivity index (χ0n) is 11.2. The molecular formula is C15H22O3. The van der Waals surface area contributed by atoms with E-state index < -0.39 is 0 Å². The van der Waals surface area contributed by atoms with Crippen LogP contribution in [0.1, 0.15) is 32.3 Å². The van der Waals surface area contributed by atoms with Crippen LogP contribution in [0.4, 0.5) is 0 Å². The Hall–Kier alpha value is -1.06. The second-order valence-corrected chi connectivity index (χ2v) is 5.52. The summed E-state index contributed by atoms with van der Waals surface area (Å²) in [5.74, 6) is 0.878. The predicted molar refractivity (Wildman–Crippen MR) is 71.0 cm³/mol. The van der Waals surface area contributed by atoms with Crippen LogP contribution < -0.4 is 4.74 Å². The molecule has 0 saturated carbocycles. The van der Waals surface area contributed by atoms with Crippen LogP contribution in [-0.4, -0.2) is 31.0 Å². The van der Waals surface area contributed by atoms with Crippen LogP contribution in [0.2, 0.25) is 0 Å². The highest BCUT2D eigenvalue weighted by Crippen LogP contribution is 2.25. The number of aliphatic hydroxyl groups excluding tert-OH is 1. The summed E-state index contributed by atoms with van der Waals surface area (Å²) in [6, 6.07) is 7.99. The standard InChI is InChI=1S/C15H22O3/c1-15(2,11-16)12-5-7-13(8-6-12)18-14-4-3-9-17-10-14/h5-8,14,16H,3-4,9-11H2,1-2H3. The lowest BCUT2D eigenvalue weighted by atomic mass is 9.86. The van der Waals surface area contributed by atoms with Crippen molar-refractivity contribution in [3.8, 4) is 5.75 Å². The lowest BCUT2D eigenvalue weighted by molar-refractivity contribution is 0.00741. The molecule has 1 N–H and O–H groups in total. The average molecular weight is 250 g/mol. The molecule has 1 aromatic carbocycles. The number of hydrogen-bond donors (Lipinski definition) is 1. The fraction of sp³-hybridized carbons (Fsp3) is 0.600. The fourth-order valence-corrected chi connectivity index (χ4v) is 2.07. The van der Waals surface area contributed by atoms with Crippen molar-refractivity contribution in [2.75, 3.05) is 19.8 Å². The van der Waals surface area contributed by atoms with E-state index in [9.17, 15) is 5.11 Å². The van der Waals surface area contributed by atoms with Gasteiger partial charge in [0.15, 0.2) is 0 Å². The third-order valence-electron chi connectivity index (χ3n) is 3.45. The van der Waals surface area contributed by atoms with Gasteiger partial charge in [0.25, 0.3) is 0 Å². The molecule has 0 bridgehead atoms. The summed E-state index contributed by atoms with van der Waals surface area (Å²) in [6.07, 6.45) is 2.31. The van der Waals surface area contributed by atoms with Crippen LogP contribution in [0, 0.1) is 0 Å². The largest absolute Gasteiger partial charge is 0.488 e. The smallest absolute Gasteiger partial charge is 0.122 e. The third kappa shape index (κ3) is 3.24. The molecule has 1 saturated heterocycles. The van der Waals surface area contributed by atoms with Crippen LogP contribution >= 0.6 is 0 Å². The first kappa shape index (κ1) is 13.4. The van der Waals surface area contributed by atoms with Crippen LogP contribution in [0.15, 0.2) is 24.3 Å². The maximum Gasteiger partial charge on any atom is 0.122 e. The summed E-state index contributed by atoms with van der Waals surface area (Å²) >= 11 is 0. The summed E-state index contributed by atoms with van der Waals surface area (Å²) in [5.41, 5.74) is 0.921. The molecule has 0 amide bonds. The minimum absolute atomic E-state index is 0.143. The molecule has 0 radical (unpaired) electrons. The second kappa shape index (κ2) is 5.72. The molecule has 2 rings (SSSR count). The zero-order chi connectivity index (χ0) is 13.0. The van der Waals surface area contributed by atoms with E-state index in [1.807, 2.05) is 38.1 Å². The Morgan fingerprint density at radius 3 is 2.61 bits per heavy atom. The molecule has 1 aromatic rings. The monoisotopic (exact) mass is 250 g/mol. The first-order valence-electron chi connectivity index (χ1n) is 6.57. The molecule has 1 fully saturated rings. The molecule has 1 aliphatic rings. The highest BCUT2D eigenvalue weighted by Gasteiger charge is 2.20. The predicted octanol–water partition coefficient (Wildman–Crippen LogP) is 2.51. The minimum Gasteiger partial charge on any atom is -0.488 e. The van der Waals surface area contributed by atoms with Crippen molar-refractivity contribution in [3.63, 3.8) is 0 Å². The van der Waals surface area contributed by atoms with E-state index in [1.54, 1.807) is 0 Å². The first-order chi connectivity index (χ1) is 8.62. The van der Waals surface area contributed by atoms with Crippen molar-refractivity contribution in [1.29, 1.82) is 0 Å². The highest BCUT2D eigenvalue weighted by atomic mass is 16.5. The van der Waals surface area contributed by atoms with Crippen LogP contribution in [0.5, 0.6) is 5.75 Å². The molecule has 0 spiro atoms. The molecule has 18 heavy (non-hydrogen) atoms. The number of rotatable bonds is 4. The van der Waals surface area contributed by atoms with Gasteiger partial charge in [-0.1, -0.05) is 26.0 Å². The van der Waals surface area contributed by atoms with Crippen molar-refractivity contribution < 1.29 is 14.6 Å². The van der Waals surface area contributed by atoms with Gasteiger partial charge in [-0.25, -0.2) is 0 Å². The Morgan fingerprint density at radius 1 is 1.33 bits per heavy atom. The summed E-state index contributed by atoms with van der Waals surface area (Å²) in [7, 11) is 0. The summed E-state index contributed by atoms with van der Waals surface area (Å²) in [6.45, 7) is 5.73. The van der Waals surface area contributed by atoms with E-state index in [2.05, 4.69) is 0 Å². The van der Waals surface area contributed by atoms with Gasteiger partial charge in [-0.15, -0.1) is 0 Å². The molecule has 3 heteroatoms. The van der Waals surface area contributed by atoms with Crippen LogP contribution in [-0.2, 0) is 10.2 Å². The SMILES string of the molecule is CC(C)(CO)c1ccc(OC2CCCOC2)cc1. The number of benzene rings is 1. The molecule has 100 valence electrons. The Bertz CT molecular complexity index is 364. The van der Waals surface area contributed by atoms with E-state index in [0.29, 0.717) is 6.61 Å². The second-order valence-electron chi connectivity index (χ2n) is 5.52. The van der Waals surface area contributed by atoms with E-state index in [-0.39, 0.29) is 18.1 Å². The van der Waals surface area contributed by atoms with E-state index in [0.717, 1.165) is 30.8 Å². The molecule has 1 unspecified atom stereocenters. The van der Waals surface area contributed by atoms with E-state index in [1.165, 1.54) is 0 Å². The molecule has 3 nitrogen and oxygen atoms in total. The number of hydrogen-bond acceptors (Lipinski definition) is 3. The fourth-order valence-electron chi connectivity index (χ4n) is 2.07. The van der Waals surface area contributed by atoms with Crippen molar-refractivity contribution >= 4 is 0 Å². The molecule has 1 atom stereocenters. The maximum absolute atomic E-state index is 9.33. The molecule has 1 aliphatic heterocycles. The average Bonchev–Trinajstić information content (AvgIpc) is 2.40. The maximum atomic E-state index is 9.33. The van der Waals surface area contributed by atoms with Crippen molar-refractivity contribution in [2.24, 2.45) is 0 Å². The molecule has 0 aliphatic carbocycles. The van der Waals surface area contributed by atoms with Gasteiger partial charge < -0.3 is 14.6 Å². The van der Waals surface area contributed by atoms with Crippen molar-refractivity contribution in [1.82, 2.24) is 0 Å². The van der Waals surface area contributed by atoms with Gasteiger partial charge in [-0.2, -0.15) is 0 Å². The lowest BCUT2D eigenvalue weighted by Crippen LogP contribution is -2.28. The van der Waals surface area contributed by atoms with Gasteiger partial charge in [0.1, 0.15) is 11.9 Å². The Kier molecular flexibility index (Phi) is 4.25. The van der Waals surface area contributed by atoms with Crippen LogP contribution in [0.3, 0.4) is 0 Å². The summed E-state index contributed by atoms with van der Waals surface area (Å²) < 4.78 is 11.3. The van der Waals surface area contributed by atoms with Gasteiger partial charge in [-0.05, 0) is 30.5 Å². The molecular weight excluding hydrogens is 228 g/mol. The van der Waals surface area contributed by atoms with Gasteiger partial charge in [0.2, 0.25) is 0 Å². The Balaban J connectivity index is 1.99. The van der Waals surface area contributed by atoms with Gasteiger partial charge >= 0.3 is 0 Å². The Labute approximate surface area is 109 Å². The van der Waals surface area contributed by atoms with Crippen molar-refractivity contribution in [3.05, 3.63) is 29.8 Å². The summed E-state index contributed by atoms with van der Waals surface area (Å²) in [4.78, 5) is 0. The Morgan fingerprint density at radius 2 is 2.06 bits per heavy atom. The van der Waals surface area contributed by atoms with E-state index >= 15 is 0 Å². The number of ether oxygens (including phenoxy) is 2. The third-order valence-corrected chi connectivity index (χ3v) is 3.45. The molecule has 0 aromatic heterocycles. The first-order valence-corrected chi connectivity index (χ1v) is 6.57. The zero-order valence-corrected chi connectivity index (χ0v) is 11.2. The van der Waals surface area contributed by atoms with Gasteiger partial charge in [-0.3, -0.25) is 0 Å². The molecule has 1 heterocycles. The van der Waals surface area contributed by atoms with Crippen LogP contribution in [0.25, 0.3) is 0 Å². The quantitative estimate of drug-likeness (QED) is 0.892. The normalized spacial score (nSPS) is 20.7. The van der Waals surface area contributed by atoms with Gasteiger partial charge in [0.05, 0.1) is 13.2 Å². The number of aliphatic hydroxyl groups is 1. The summed E-state index contributed by atoms with van der Waals surface area (Å²) in [5, 5.41) is 9.33. The highest BCUT2D eigenvalue weighted by molar-refractivity contribution is 5.31. The minimum atomic E-state index is -0.202. The van der Waals surface area contributed by atoms with Crippen molar-refractivity contribution in [2.45, 2.75) is 38.2 Å². The van der Waals surface area contributed by atoms with Gasteiger partial charge in [0, 0.05) is 12.0 Å².